The highest BCUT2D eigenvalue weighted by atomic mass is 32.2. The Balaban J connectivity index is 1.95. The Bertz CT molecular complexity index is 1960. The molecule has 0 radical (unpaired) electrons. The number of esters is 2. The number of hydrogen-bond donors (Lipinski definition) is 7. The van der Waals surface area contributed by atoms with Gasteiger partial charge in [-0.3, -0.25) is 52.7 Å². The van der Waals surface area contributed by atoms with Crippen molar-refractivity contribution in [1.82, 2.24) is 36.8 Å². The Labute approximate surface area is 425 Å². The van der Waals surface area contributed by atoms with Gasteiger partial charge in [-0.25, -0.2) is 0 Å². The van der Waals surface area contributed by atoms with Crippen molar-refractivity contribution in [2.24, 2.45) is 11.8 Å². The first-order chi connectivity index (χ1) is 33.0. The minimum atomic E-state index is -1.45. The lowest BCUT2D eigenvalue weighted by Gasteiger charge is -2.36. The maximum absolute atomic E-state index is 15.1. The standard InChI is InChI=1S/C48H77N7O14S2/c1-11-15-30(39(61)44(66)49-25-34(57)58)51-42(64)33-24-48(70-22-23-71-48)26-55(33)45(67)38(29-16-13-12-14-17-29)54-43(65)37(27(2)3)53-41(63)32(19-21-36(60)69-47(8,9)10)52-40(62)31(50-28(4)56)18-20-35(59)68-46(5,6)7/h27,29-33,37-38H,11-26H2,1-10H3,(H,49,66)(H,50,56)(H,51,64)(H,52,62)(H,53,63)(H,54,65)(H,57,58)/t30?,31?,32?,33-,37?,38?/m0/s1. The second-order valence-electron chi connectivity index (χ2n) is 20.8. The van der Waals surface area contributed by atoms with E-state index in [1.165, 1.54) is 11.8 Å². The maximum atomic E-state index is 15.1. The molecule has 0 bridgehead atoms. The molecule has 3 aliphatic rings. The number of carbonyl (C=O) groups excluding carboxylic acids is 10. The van der Waals surface area contributed by atoms with E-state index < -0.39 is 129 Å². The lowest BCUT2D eigenvalue weighted by molar-refractivity contribution is -0.156. The van der Waals surface area contributed by atoms with Crippen LogP contribution in [0.2, 0.25) is 0 Å². The molecule has 6 atom stereocenters. The number of nitrogens with zero attached hydrogens (tertiary/aromatic N) is 1. The number of hydrogen-bond acceptors (Lipinski definition) is 15. The number of rotatable bonds is 24. The summed E-state index contributed by atoms with van der Waals surface area (Å²) in [5, 5.41) is 24.5. The molecule has 0 aromatic rings. The summed E-state index contributed by atoms with van der Waals surface area (Å²) < 4.78 is 10.2. The van der Waals surface area contributed by atoms with E-state index in [0.29, 0.717) is 19.3 Å². The van der Waals surface area contributed by atoms with Gasteiger partial charge in [0, 0.05) is 44.2 Å². The van der Waals surface area contributed by atoms with Gasteiger partial charge >= 0.3 is 17.9 Å². The van der Waals surface area contributed by atoms with Crippen LogP contribution in [0.1, 0.15) is 146 Å². The highest BCUT2D eigenvalue weighted by molar-refractivity contribution is 8.21. The second kappa shape index (κ2) is 27.2. The molecule has 0 aromatic heterocycles. The van der Waals surface area contributed by atoms with E-state index in [2.05, 4.69) is 26.6 Å². The zero-order valence-electron chi connectivity index (χ0n) is 43.0. The molecular formula is C48H77N7O14S2. The summed E-state index contributed by atoms with van der Waals surface area (Å²) in [6, 6.07) is -7.58. The summed E-state index contributed by atoms with van der Waals surface area (Å²) in [6.07, 6.45) is 3.24. The van der Waals surface area contributed by atoms with Crippen LogP contribution >= 0.6 is 23.5 Å². The van der Waals surface area contributed by atoms with Crippen molar-refractivity contribution in [3.63, 3.8) is 0 Å². The molecule has 1 aliphatic carbocycles. The van der Waals surface area contributed by atoms with Gasteiger partial charge in [-0.15, -0.1) is 23.5 Å². The molecular weight excluding hydrogens is 963 g/mol. The highest BCUT2D eigenvalue weighted by Gasteiger charge is 2.53. The molecule has 7 amide bonds. The zero-order valence-corrected chi connectivity index (χ0v) is 44.6. The van der Waals surface area contributed by atoms with E-state index in [4.69, 9.17) is 14.6 Å². The van der Waals surface area contributed by atoms with E-state index >= 15 is 4.79 Å². The molecule has 2 heterocycles. The summed E-state index contributed by atoms with van der Waals surface area (Å²) in [7, 11) is 0. The molecule has 2 saturated heterocycles. The van der Waals surface area contributed by atoms with Gasteiger partial charge in [0.15, 0.2) is 0 Å². The van der Waals surface area contributed by atoms with Crippen LogP contribution in [-0.4, -0.2) is 151 Å². The monoisotopic (exact) mass is 1040 g/mol. The SMILES string of the molecule is CCCC(NC(=O)[C@@H]1CC2(CN1C(=O)C(NC(=O)C(NC(=O)C(CCC(=O)OC(C)(C)C)NC(=O)C(CCC(=O)OC(C)(C)C)NC(C)=O)C(C)C)C1CCCCC1)SCCS2)C(=O)C(=O)NCC(=O)O. The van der Waals surface area contributed by atoms with Gasteiger partial charge in [-0.1, -0.05) is 46.5 Å². The Morgan fingerprint density at radius 3 is 1.73 bits per heavy atom. The third-order valence-corrected chi connectivity index (χ3v) is 15.3. The smallest absolute Gasteiger partial charge is 0.322 e. The Hall–Kier alpha value is -4.93. The van der Waals surface area contributed by atoms with Crippen LogP contribution in [0.4, 0.5) is 0 Å². The van der Waals surface area contributed by atoms with Crippen LogP contribution in [0.5, 0.6) is 0 Å². The normalized spacial score (nSPS) is 19.0. The summed E-state index contributed by atoms with van der Waals surface area (Å²) in [4.78, 5) is 148. The van der Waals surface area contributed by atoms with Gasteiger partial charge < -0.3 is 51.4 Å². The van der Waals surface area contributed by atoms with Crippen molar-refractivity contribution in [3.05, 3.63) is 0 Å². The van der Waals surface area contributed by atoms with Gasteiger partial charge in [0.1, 0.15) is 48.0 Å². The number of nitrogens with one attached hydrogen (secondary N) is 6. The topological polar surface area (TPSA) is 302 Å². The average Bonchev–Trinajstić information content (AvgIpc) is 3.90. The van der Waals surface area contributed by atoms with Crippen LogP contribution < -0.4 is 31.9 Å². The second-order valence-corrected chi connectivity index (χ2v) is 24.0. The molecule has 1 spiro atoms. The quantitative estimate of drug-likeness (QED) is 0.0539. The highest BCUT2D eigenvalue weighted by Crippen LogP contribution is 2.52. The predicted molar refractivity (Wildman–Crippen MR) is 265 cm³/mol. The number of carboxylic acid groups (broad SMARTS) is 1. The van der Waals surface area contributed by atoms with Gasteiger partial charge in [0.2, 0.25) is 41.2 Å². The van der Waals surface area contributed by atoms with Crippen LogP contribution in [0.25, 0.3) is 0 Å². The molecule has 0 aromatic carbocycles. The minimum Gasteiger partial charge on any atom is -0.480 e. The largest absolute Gasteiger partial charge is 0.480 e. The summed E-state index contributed by atoms with van der Waals surface area (Å²) in [6.45, 7) is 15.7. The molecule has 71 heavy (non-hydrogen) atoms. The molecule has 7 N–H and O–H groups in total. The number of carbonyl (C=O) groups is 11. The number of aliphatic carboxylic acids is 1. The Morgan fingerprint density at radius 2 is 1.24 bits per heavy atom. The van der Waals surface area contributed by atoms with E-state index in [0.717, 1.165) is 30.8 Å². The third kappa shape index (κ3) is 19.9. The molecule has 3 rings (SSSR count). The third-order valence-electron chi connectivity index (χ3n) is 11.9. The maximum Gasteiger partial charge on any atom is 0.322 e. The number of thioether (sulfide) groups is 2. The molecule has 3 fully saturated rings. The molecule has 400 valence electrons. The number of carboxylic acids is 1. The fourth-order valence-corrected chi connectivity index (χ4v) is 11.9. The van der Waals surface area contributed by atoms with Gasteiger partial charge in [-0.05, 0) is 85.5 Å². The van der Waals surface area contributed by atoms with Crippen molar-refractivity contribution < 1.29 is 67.3 Å². The number of ether oxygens (including phenoxy) is 2. The minimum absolute atomic E-state index is 0.0684. The van der Waals surface area contributed by atoms with Gasteiger partial charge in [0.25, 0.3) is 5.91 Å². The van der Waals surface area contributed by atoms with Crippen molar-refractivity contribution in [2.75, 3.05) is 24.6 Å². The van der Waals surface area contributed by atoms with Gasteiger partial charge in [-0.2, -0.15) is 0 Å². The van der Waals surface area contributed by atoms with Gasteiger partial charge in [0.05, 0.1) is 10.1 Å². The lowest BCUT2D eigenvalue weighted by atomic mass is 9.83. The van der Waals surface area contributed by atoms with Crippen LogP contribution in [0.3, 0.4) is 0 Å². The van der Waals surface area contributed by atoms with Crippen molar-refractivity contribution >= 4 is 88.6 Å². The summed E-state index contributed by atoms with van der Waals surface area (Å²) in [5.41, 5.74) is -1.67. The van der Waals surface area contributed by atoms with E-state index in [1.54, 1.807) is 85.8 Å². The Kier molecular flexibility index (Phi) is 23.1. The van der Waals surface area contributed by atoms with Crippen LogP contribution in [0, 0.1) is 11.8 Å². The Morgan fingerprint density at radius 1 is 0.704 bits per heavy atom. The summed E-state index contributed by atoms with van der Waals surface area (Å²) >= 11 is 3.23. The number of likely N-dealkylation sites (tertiary alicyclic amines) is 1. The fraction of sp³-hybridized carbons (Fsp3) is 0.771. The van der Waals surface area contributed by atoms with Crippen LogP contribution in [0.15, 0.2) is 0 Å². The van der Waals surface area contributed by atoms with E-state index in [1.807, 2.05) is 5.32 Å². The number of Topliss-reactive ketones (excluding diaryl/α,β-unsaturated/α-hetero) is 1. The molecule has 1 saturated carbocycles. The lowest BCUT2D eigenvalue weighted by Crippen LogP contribution is -2.62. The van der Waals surface area contributed by atoms with Crippen molar-refractivity contribution in [1.29, 1.82) is 0 Å². The molecule has 5 unspecified atom stereocenters. The van der Waals surface area contributed by atoms with Crippen molar-refractivity contribution in [3.8, 4) is 0 Å². The first kappa shape index (κ1) is 60.4. The molecule has 2 aliphatic heterocycles. The van der Waals surface area contributed by atoms with Crippen molar-refractivity contribution in [2.45, 2.75) is 198 Å². The predicted octanol–water partition coefficient (Wildman–Crippen LogP) is 2.26. The zero-order chi connectivity index (χ0) is 53.4. The van der Waals surface area contributed by atoms with E-state index in [-0.39, 0.29) is 51.0 Å². The van der Waals surface area contributed by atoms with Crippen LogP contribution in [-0.2, 0) is 62.2 Å². The first-order valence-corrected chi connectivity index (χ1v) is 26.6. The summed E-state index contributed by atoms with van der Waals surface area (Å²) in [5.74, 6) is -8.46. The first-order valence-electron chi connectivity index (χ1n) is 24.6. The molecule has 23 heteroatoms. The fourth-order valence-electron chi connectivity index (χ4n) is 8.66. The average molecular weight is 1040 g/mol. The number of ketones is 1. The molecule has 21 nitrogen and oxygen atoms in total. The van der Waals surface area contributed by atoms with E-state index in [9.17, 15) is 47.9 Å². The number of amides is 7.